The number of aliphatic hydroxyl groups excluding tert-OH is 2. The third-order valence-electron chi connectivity index (χ3n) is 9.65. The van der Waals surface area contributed by atoms with Crippen molar-refractivity contribution >= 4 is 5.97 Å². The van der Waals surface area contributed by atoms with Gasteiger partial charge in [-0.3, -0.25) is 0 Å². The summed E-state index contributed by atoms with van der Waals surface area (Å²) < 4.78 is 23.5. The molecule has 2 N–H and O–H groups in total. The Bertz CT molecular complexity index is 771. The molecule has 43 heavy (non-hydrogen) atoms. The Kier molecular flexibility index (Phi) is 18.4. The smallest absolute Gasteiger partial charge is 0.334 e. The van der Waals surface area contributed by atoms with Gasteiger partial charge in [0, 0.05) is 12.0 Å². The van der Waals surface area contributed by atoms with Crippen molar-refractivity contribution in [2.45, 2.75) is 204 Å². The van der Waals surface area contributed by atoms with E-state index in [1.165, 1.54) is 64.2 Å². The van der Waals surface area contributed by atoms with E-state index in [1.54, 1.807) is 0 Å². The van der Waals surface area contributed by atoms with E-state index in [2.05, 4.69) is 6.92 Å². The maximum absolute atomic E-state index is 11.7. The van der Waals surface area contributed by atoms with E-state index < -0.39 is 6.10 Å². The average Bonchev–Trinajstić information content (AvgIpc) is 3.52. The lowest BCUT2D eigenvalue weighted by Crippen LogP contribution is -2.32. The number of carbonyl (C=O) groups excluding carboxylic acids is 1. The molecule has 2 fully saturated rings. The summed E-state index contributed by atoms with van der Waals surface area (Å²) in [6.07, 6.45) is 26.7. The van der Waals surface area contributed by atoms with Crippen LogP contribution in [0.4, 0.5) is 0 Å². The number of carbonyl (C=O) groups is 1. The fourth-order valence-corrected chi connectivity index (χ4v) is 6.95. The summed E-state index contributed by atoms with van der Waals surface area (Å²) in [5, 5.41) is 21.0. The molecule has 7 heteroatoms. The van der Waals surface area contributed by atoms with Gasteiger partial charge in [0.15, 0.2) is 0 Å². The van der Waals surface area contributed by atoms with Gasteiger partial charge in [-0.05, 0) is 57.9 Å². The van der Waals surface area contributed by atoms with Crippen LogP contribution in [0.25, 0.3) is 0 Å². The van der Waals surface area contributed by atoms with E-state index in [1.807, 2.05) is 13.0 Å². The summed E-state index contributed by atoms with van der Waals surface area (Å²) in [5.74, 6) is -0.280. The molecule has 3 aliphatic rings. The zero-order valence-corrected chi connectivity index (χ0v) is 27.5. The average molecular weight is 609 g/mol. The molecule has 7 nitrogen and oxygen atoms in total. The van der Waals surface area contributed by atoms with Crippen molar-refractivity contribution in [2.75, 3.05) is 6.79 Å². The van der Waals surface area contributed by atoms with Crippen molar-refractivity contribution < 1.29 is 34.0 Å². The highest BCUT2D eigenvalue weighted by molar-refractivity contribution is 5.90. The first kappa shape index (κ1) is 36.5. The van der Waals surface area contributed by atoms with Crippen molar-refractivity contribution in [3.05, 3.63) is 11.6 Å². The largest absolute Gasteiger partial charge is 0.455 e. The second-order valence-corrected chi connectivity index (χ2v) is 13.5. The Labute approximate surface area is 262 Å². The van der Waals surface area contributed by atoms with Crippen LogP contribution in [0.15, 0.2) is 11.6 Å². The standard InChI is InChI=1S/C36H64O7/c1-3-4-5-6-7-8-9-10-14-17-20-32(38)33-23-24-35(43-33)34-22-21-31(40-27-41-34)19-16-13-11-12-15-18-30(37)26-29-25-28(2)42-36(29)39/h25,28,30-35,37-38H,3-24,26-27H2,1-2H3/t28-,30+,31-,32+,33+,34+,35+/m0/s1. The molecule has 3 aliphatic heterocycles. The predicted octanol–water partition coefficient (Wildman–Crippen LogP) is 8.08. The lowest BCUT2D eigenvalue weighted by Gasteiger charge is -2.24. The number of aliphatic hydroxyl groups is 2. The molecule has 0 radical (unpaired) electrons. The molecule has 2 saturated heterocycles. The monoisotopic (exact) mass is 608 g/mol. The SMILES string of the molecule is CCCCCCCCCCCC[C@@H](O)[C@H]1CC[C@H]([C@H]2CC[C@H](CCCCCCC[C@@H](O)CC3=C[C@H](C)OC3=O)OCO2)O1. The Morgan fingerprint density at radius 3 is 2.07 bits per heavy atom. The van der Waals surface area contributed by atoms with Crippen LogP contribution in [-0.4, -0.2) is 65.7 Å². The summed E-state index contributed by atoms with van der Waals surface area (Å²) in [4.78, 5) is 11.7. The van der Waals surface area contributed by atoms with E-state index >= 15 is 0 Å². The number of rotatable bonds is 23. The number of ether oxygens (including phenoxy) is 4. The number of hydrogen-bond acceptors (Lipinski definition) is 7. The van der Waals surface area contributed by atoms with Gasteiger partial charge in [-0.2, -0.15) is 0 Å². The topological polar surface area (TPSA) is 94.5 Å². The van der Waals surface area contributed by atoms with Crippen LogP contribution in [0.2, 0.25) is 0 Å². The van der Waals surface area contributed by atoms with Crippen LogP contribution in [-0.2, 0) is 23.7 Å². The summed E-state index contributed by atoms with van der Waals surface area (Å²) in [6, 6.07) is 0. The van der Waals surface area contributed by atoms with Gasteiger partial charge in [0.05, 0.1) is 36.6 Å². The van der Waals surface area contributed by atoms with E-state index in [0.717, 1.165) is 77.0 Å². The summed E-state index contributed by atoms with van der Waals surface area (Å²) in [7, 11) is 0. The predicted molar refractivity (Wildman–Crippen MR) is 171 cm³/mol. The van der Waals surface area contributed by atoms with Gasteiger partial charge in [0.25, 0.3) is 0 Å². The Balaban J connectivity index is 1.16. The molecule has 0 aliphatic carbocycles. The lowest BCUT2D eigenvalue weighted by atomic mass is 9.98. The highest BCUT2D eigenvalue weighted by Gasteiger charge is 2.36. The fraction of sp³-hybridized carbons (Fsp3) is 0.917. The molecule has 0 bridgehead atoms. The van der Waals surface area contributed by atoms with Gasteiger partial charge in [-0.1, -0.05) is 103 Å². The molecule has 3 rings (SSSR count). The molecule has 7 atom stereocenters. The van der Waals surface area contributed by atoms with Gasteiger partial charge in [-0.15, -0.1) is 0 Å². The Hall–Kier alpha value is -0.990. The highest BCUT2D eigenvalue weighted by Crippen LogP contribution is 2.31. The first-order valence-corrected chi connectivity index (χ1v) is 18.1. The van der Waals surface area contributed by atoms with E-state index in [0.29, 0.717) is 18.8 Å². The minimum Gasteiger partial charge on any atom is -0.455 e. The minimum absolute atomic E-state index is 0.0479. The summed E-state index contributed by atoms with van der Waals surface area (Å²) >= 11 is 0. The molecule has 0 aromatic carbocycles. The van der Waals surface area contributed by atoms with Crippen LogP contribution in [0.1, 0.15) is 162 Å². The molecule has 0 saturated carbocycles. The minimum atomic E-state index is -0.469. The van der Waals surface area contributed by atoms with Crippen LogP contribution in [0.5, 0.6) is 0 Å². The second kappa shape index (κ2) is 21.7. The van der Waals surface area contributed by atoms with Gasteiger partial charge in [0.1, 0.15) is 12.9 Å². The number of unbranched alkanes of at least 4 members (excludes halogenated alkanes) is 13. The van der Waals surface area contributed by atoms with Crippen molar-refractivity contribution in [1.29, 1.82) is 0 Å². The molecular weight excluding hydrogens is 544 g/mol. The maximum Gasteiger partial charge on any atom is 0.334 e. The third-order valence-corrected chi connectivity index (χ3v) is 9.65. The van der Waals surface area contributed by atoms with Crippen LogP contribution < -0.4 is 0 Å². The van der Waals surface area contributed by atoms with E-state index in [4.69, 9.17) is 18.9 Å². The molecule has 3 heterocycles. The summed E-state index contributed by atoms with van der Waals surface area (Å²) in [6.45, 7) is 4.44. The fourth-order valence-electron chi connectivity index (χ4n) is 6.95. The summed E-state index contributed by atoms with van der Waals surface area (Å²) in [5.41, 5.74) is 0.617. The van der Waals surface area contributed by atoms with E-state index in [9.17, 15) is 15.0 Å². The van der Waals surface area contributed by atoms with Crippen LogP contribution >= 0.6 is 0 Å². The van der Waals surface area contributed by atoms with Gasteiger partial charge >= 0.3 is 5.97 Å². The lowest BCUT2D eigenvalue weighted by molar-refractivity contribution is -0.140. The molecule has 0 aromatic rings. The zero-order chi connectivity index (χ0) is 30.7. The quantitative estimate of drug-likeness (QED) is 0.0894. The molecule has 250 valence electrons. The Morgan fingerprint density at radius 1 is 0.767 bits per heavy atom. The number of hydrogen-bond donors (Lipinski definition) is 2. The molecule has 0 unspecified atom stereocenters. The van der Waals surface area contributed by atoms with Crippen molar-refractivity contribution in [2.24, 2.45) is 0 Å². The molecule has 0 amide bonds. The highest BCUT2D eigenvalue weighted by atomic mass is 16.7. The first-order valence-electron chi connectivity index (χ1n) is 18.1. The van der Waals surface area contributed by atoms with Crippen molar-refractivity contribution in [3.8, 4) is 0 Å². The Morgan fingerprint density at radius 2 is 1.40 bits per heavy atom. The zero-order valence-electron chi connectivity index (χ0n) is 27.5. The maximum atomic E-state index is 11.7. The van der Waals surface area contributed by atoms with Gasteiger partial charge in [-0.25, -0.2) is 4.79 Å². The molecule has 0 aromatic heterocycles. The normalized spacial score (nSPS) is 27.6. The van der Waals surface area contributed by atoms with Crippen molar-refractivity contribution in [3.63, 3.8) is 0 Å². The van der Waals surface area contributed by atoms with Crippen LogP contribution in [0.3, 0.4) is 0 Å². The van der Waals surface area contributed by atoms with Gasteiger partial charge < -0.3 is 29.2 Å². The first-order chi connectivity index (χ1) is 21.0. The van der Waals surface area contributed by atoms with E-state index in [-0.39, 0.29) is 42.6 Å². The second-order valence-electron chi connectivity index (χ2n) is 13.5. The molecular formula is C36H64O7. The van der Waals surface area contributed by atoms with Crippen molar-refractivity contribution in [1.82, 2.24) is 0 Å². The number of esters is 1. The van der Waals surface area contributed by atoms with Crippen LogP contribution in [0, 0.1) is 0 Å². The third kappa shape index (κ3) is 14.8. The molecule has 0 spiro atoms. The number of cyclic esters (lactones) is 1. The van der Waals surface area contributed by atoms with Gasteiger partial charge in [0.2, 0.25) is 0 Å².